The van der Waals surface area contributed by atoms with Crippen molar-refractivity contribution >= 4 is 15.9 Å². The van der Waals surface area contributed by atoms with Gasteiger partial charge >= 0.3 is 0 Å². The van der Waals surface area contributed by atoms with Crippen LogP contribution in [0.1, 0.15) is 65.9 Å². The Labute approximate surface area is 175 Å². The van der Waals surface area contributed by atoms with Gasteiger partial charge in [-0.2, -0.15) is 10.4 Å². The number of amides is 1. The number of aromatic nitrogens is 3. The minimum atomic E-state index is -3.68. The van der Waals surface area contributed by atoms with Crippen molar-refractivity contribution in [3.63, 3.8) is 0 Å². The van der Waals surface area contributed by atoms with Gasteiger partial charge in [-0.3, -0.25) is 9.89 Å². The summed E-state index contributed by atoms with van der Waals surface area (Å²) in [6, 6.07) is 7.79. The quantitative estimate of drug-likeness (QED) is 0.647. The average molecular weight is 429 g/mol. The molecular weight excluding hydrogens is 404 g/mol. The molecule has 2 heterocycles. The summed E-state index contributed by atoms with van der Waals surface area (Å²) in [5, 5.41) is 15.9. The molecule has 0 atom stereocenters. The number of sulfonamides is 1. The number of nitriles is 1. The maximum Gasteiger partial charge on any atom is 0.253 e. The molecule has 9 nitrogen and oxygen atoms in total. The van der Waals surface area contributed by atoms with Crippen LogP contribution in [-0.4, -0.2) is 54.0 Å². The van der Waals surface area contributed by atoms with Gasteiger partial charge < -0.3 is 4.90 Å². The van der Waals surface area contributed by atoms with E-state index in [1.807, 2.05) is 6.07 Å². The van der Waals surface area contributed by atoms with Crippen molar-refractivity contribution in [3.05, 3.63) is 41.5 Å². The summed E-state index contributed by atoms with van der Waals surface area (Å²) in [6.45, 7) is 1.30. The molecule has 2 N–H and O–H groups in total. The minimum absolute atomic E-state index is 0.0573. The van der Waals surface area contributed by atoms with Crippen LogP contribution in [0.25, 0.3) is 0 Å². The van der Waals surface area contributed by atoms with Gasteiger partial charge in [0, 0.05) is 43.5 Å². The van der Waals surface area contributed by atoms with E-state index >= 15 is 0 Å². The van der Waals surface area contributed by atoms with E-state index in [0.29, 0.717) is 24.6 Å². The van der Waals surface area contributed by atoms with Gasteiger partial charge in [-0.25, -0.2) is 18.1 Å². The Balaban J connectivity index is 1.34. The van der Waals surface area contributed by atoms with Crippen LogP contribution >= 0.6 is 0 Å². The number of hydrogen-bond donors (Lipinski definition) is 2. The first-order chi connectivity index (χ1) is 14.5. The molecule has 2 aliphatic rings. The highest BCUT2D eigenvalue weighted by Crippen LogP contribution is 2.38. The van der Waals surface area contributed by atoms with Gasteiger partial charge in [-0.1, -0.05) is 0 Å². The topological polar surface area (TPSA) is 132 Å². The average Bonchev–Trinajstić information content (AvgIpc) is 3.50. The lowest BCUT2D eigenvalue weighted by Crippen LogP contribution is -2.38. The second-order valence-electron chi connectivity index (χ2n) is 7.75. The molecular formula is C20H24N6O3S. The highest BCUT2D eigenvalue weighted by molar-refractivity contribution is 7.89. The minimum Gasteiger partial charge on any atom is -0.339 e. The molecule has 1 aliphatic carbocycles. The zero-order valence-corrected chi connectivity index (χ0v) is 17.4. The monoisotopic (exact) mass is 428 g/mol. The van der Waals surface area contributed by atoms with Gasteiger partial charge in [-0.05, 0) is 49.9 Å². The van der Waals surface area contributed by atoms with Gasteiger partial charge in [0.2, 0.25) is 10.0 Å². The van der Waals surface area contributed by atoms with Crippen LogP contribution in [0.3, 0.4) is 0 Å². The summed E-state index contributed by atoms with van der Waals surface area (Å²) >= 11 is 0. The Morgan fingerprint density at radius 3 is 2.50 bits per heavy atom. The van der Waals surface area contributed by atoms with Crippen LogP contribution in [0, 0.1) is 11.3 Å². The van der Waals surface area contributed by atoms with Gasteiger partial charge in [0.1, 0.15) is 5.82 Å². The number of benzene rings is 1. The summed E-state index contributed by atoms with van der Waals surface area (Å²) in [7, 11) is -3.68. The molecule has 4 rings (SSSR count). The molecule has 0 spiro atoms. The van der Waals surface area contributed by atoms with Gasteiger partial charge in [-0.15, -0.1) is 0 Å². The summed E-state index contributed by atoms with van der Waals surface area (Å²) in [5.74, 6) is 2.53. The van der Waals surface area contributed by atoms with Gasteiger partial charge in [0.05, 0.1) is 11.0 Å². The number of aromatic amines is 1. The number of rotatable bonds is 7. The van der Waals surface area contributed by atoms with E-state index in [9.17, 15) is 13.2 Å². The number of piperidine rings is 1. The fourth-order valence-electron chi connectivity index (χ4n) is 3.63. The number of carbonyl (C=O) groups excluding carboxylic acids is 1. The zero-order valence-electron chi connectivity index (χ0n) is 16.5. The van der Waals surface area contributed by atoms with Crippen molar-refractivity contribution in [1.82, 2.24) is 24.8 Å². The zero-order chi connectivity index (χ0) is 21.1. The normalized spacial score (nSPS) is 17.6. The number of H-pyrrole nitrogens is 1. The first-order valence-corrected chi connectivity index (χ1v) is 11.6. The second kappa shape index (κ2) is 8.53. The first-order valence-electron chi connectivity index (χ1n) is 10.2. The second-order valence-corrected chi connectivity index (χ2v) is 9.52. The lowest BCUT2D eigenvalue weighted by Gasteiger charge is -2.31. The molecule has 158 valence electrons. The van der Waals surface area contributed by atoms with Crippen molar-refractivity contribution in [2.75, 3.05) is 19.6 Å². The first kappa shape index (κ1) is 20.5. The molecule has 0 unspecified atom stereocenters. The Morgan fingerprint density at radius 1 is 1.17 bits per heavy atom. The summed E-state index contributed by atoms with van der Waals surface area (Å²) in [5.41, 5.74) is 0.458. The van der Waals surface area contributed by atoms with E-state index in [2.05, 4.69) is 19.9 Å². The lowest BCUT2D eigenvalue weighted by molar-refractivity contribution is 0.0711. The summed E-state index contributed by atoms with van der Waals surface area (Å²) < 4.78 is 26.7. The Hall–Kier alpha value is -2.77. The molecule has 2 aromatic rings. The standard InChI is InChI=1S/C20H24N6O3S/c21-10-1-11-22-30(28,29)17-6-4-16(5-7-17)20(27)26-12-8-15(9-13-26)19-23-18(24-25-19)14-2-3-14/h4-7,14-15,22H,1-3,8-9,11-13H2,(H,23,24,25). The van der Waals surface area contributed by atoms with Crippen molar-refractivity contribution in [3.8, 4) is 6.07 Å². The van der Waals surface area contributed by atoms with E-state index < -0.39 is 10.0 Å². The van der Waals surface area contributed by atoms with Crippen LogP contribution in [0.15, 0.2) is 29.2 Å². The van der Waals surface area contributed by atoms with Crippen molar-refractivity contribution in [2.24, 2.45) is 0 Å². The fourth-order valence-corrected chi connectivity index (χ4v) is 4.67. The molecule has 1 saturated carbocycles. The van der Waals surface area contributed by atoms with Crippen LogP contribution in [-0.2, 0) is 10.0 Å². The Morgan fingerprint density at radius 2 is 1.87 bits per heavy atom. The van der Waals surface area contributed by atoms with Crippen molar-refractivity contribution < 1.29 is 13.2 Å². The van der Waals surface area contributed by atoms with E-state index in [-0.39, 0.29) is 29.7 Å². The summed E-state index contributed by atoms with van der Waals surface area (Å²) in [4.78, 5) is 19.3. The third-order valence-electron chi connectivity index (χ3n) is 5.57. The van der Waals surface area contributed by atoms with Crippen molar-refractivity contribution in [1.29, 1.82) is 5.26 Å². The Kier molecular flexibility index (Phi) is 5.83. The van der Waals surface area contributed by atoms with Crippen LogP contribution < -0.4 is 4.72 Å². The Bertz CT molecular complexity index is 1040. The number of nitrogens with zero attached hydrogens (tertiary/aromatic N) is 4. The number of hydrogen-bond acceptors (Lipinski definition) is 6. The van der Waals surface area contributed by atoms with E-state index in [4.69, 9.17) is 5.26 Å². The molecule has 1 aromatic heterocycles. The molecule has 1 saturated heterocycles. The lowest BCUT2D eigenvalue weighted by atomic mass is 9.95. The largest absolute Gasteiger partial charge is 0.339 e. The molecule has 30 heavy (non-hydrogen) atoms. The third-order valence-corrected chi connectivity index (χ3v) is 7.05. The highest BCUT2D eigenvalue weighted by Gasteiger charge is 2.31. The predicted octanol–water partition coefficient (Wildman–Crippen LogP) is 1.89. The smallest absolute Gasteiger partial charge is 0.253 e. The third kappa shape index (κ3) is 4.52. The molecule has 1 aromatic carbocycles. The van der Waals surface area contributed by atoms with Gasteiger partial charge in [0.15, 0.2) is 5.82 Å². The number of likely N-dealkylation sites (tertiary alicyclic amines) is 1. The molecule has 10 heteroatoms. The highest BCUT2D eigenvalue weighted by atomic mass is 32.2. The maximum absolute atomic E-state index is 12.8. The van der Waals surface area contributed by atoms with Gasteiger partial charge in [0.25, 0.3) is 5.91 Å². The van der Waals surface area contributed by atoms with E-state index in [1.54, 1.807) is 4.90 Å². The molecule has 0 radical (unpaired) electrons. The SMILES string of the molecule is N#CCCNS(=O)(=O)c1ccc(C(=O)N2CCC(c3nc(C4CC4)n[nH]3)CC2)cc1. The summed E-state index contributed by atoms with van der Waals surface area (Å²) in [6.07, 6.45) is 4.07. The number of carbonyl (C=O) groups is 1. The predicted molar refractivity (Wildman–Crippen MR) is 108 cm³/mol. The maximum atomic E-state index is 12.8. The van der Waals surface area contributed by atoms with Crippen molar-refractivity contribution in [2.45, 2.75) is 48.8 Å². The van der Waals surface area contributed by atoms with Crippen LogP contribution in [0.4, 0.5) is 0 Å². The molecule has 1 amide bonds. The van der Waals surface area contributed by atoms with E-state index in [0.717, 1.165) is 24.5 Å². The molecule has 0 bridgehead atoms. The molecule has 2 fully saturated rings. The number of nitrogens with one attached hydrogen (secondary N) is 2. The van der Waals surface area contributed by atoms with Crippen LogP contribution in [0.2, 0.25) is 0 Å². The van der Waals surface area contributed by atoms with E-state index in [1.165, 1.54) is 37.1 Å². The fraction of sp³-hybridized carbons (Fsp3) is 0.500. The van der Waals surface area contributed by atoms with Crippen LogP contribution in [0.5, 0.6) is 0 Å². The molecule has 1 aliphatic heterocycles.